The molecular weight excluding hydrogens is 328 g/mol. The van der Waals surface area contributed by atoms with Crippen LogP contribution in [0.2, 0.25) is 0 Å². The zero-order valence-electron chi connectivity index (χ0n) is 16.2. The van der Waals surface area contributed by atoms with Crippen molar-refractivity contribution in [2.75, 3.05) is 13.1 Å². The minimum Gasteiger partial charge on any atom is -0.309 e. The maximum absolute atomic E-state index is 3.69. The molecule has 1 heterocycles. The van der Waals surface area contributed by atoms with Gasteiger partial charge in [-0.2, -0.15) is 0 Å². The molecule has 2 nitrogen and oxygen atoms in total. The first-order valence-corrected chi connectivity index (χ1v) is 9.89. The Bertz CT molecular complexity index is 739. The van der Waals surface area contributed by atoms with Gasteiger partial charge in [0, 0.05) is 25.2 Å². The smallest absolute Gasteiger partial charge is 0.0974 e. The molecule has 0 saturated carbocycles. The second-order valence-electron chi connectivity index (χ2n) is 7.68. The lowest BCUT2D eigenvalue weighted by Crippen LogP contribution is -2.61. The lowest BCUT2D eigenvalue weighted by Gasteiger charge is -2.50. The first kappa shape index (κ1) is 18.0. The molecule has 138 valence electrons. The zero-order chi connectivity index (χ0) is 18.7. The van der Waals surface area contributed by atoms with Gasteiger partial charge in [-0.15, -0.1) is 0 Å². The molecule has 0 amide bonds. The van der Waals surface area contributed by atoms with Crippen molar-refractivity contribution in [3.63, 3.8) is 0 Å². The maximum Gasteiger partial charge on any atom is 0.0974 e. The summed E-state index contributed by atoms with van der Waals surface area (Å²) in [6.45, 7) is 6.58. The van der Waals surface area contributed by atoms with Crippen LogP contribution in [0, 0.1) is 0 Å². The minimum absolute atomic E-state index is 0.297. The van der Waals surface area contributed by atoms with E-state index < -0.39 is 0 Å². The van der Waals surface area contributed by atoms with Gasteiger partial charge in [0.05, 0.1) is 5.54 Å². The Morgan fingerprint density at radius 1 is 0.630 bits per heavy atom. The average molecular weight is 357 g/mol. The SMILES string of the molecule is CC1CN(C(c2ccccc2)(c2ccccc2)c2ccccc2)CC(C)N1. The van der Waals surface area contributed by atoms with E-state index >= 15 is 0 Å². The summed E-state index contributed by atoms with van der Waals surface area (Å²) >= 11 is 0. The van der Waals surface area contributed by atoms with Crippen LogP contribution >= 0.6 is 0 Å². The molecular formula is C25H28N2. The van der Waals surface area contributed by atoms with Crippen molar-refractivity contribution in [3.8, 4) is 0 Å². The number of benzene rings is 3. The fourth-order valence-corrected chi connectivity index (χ4v) is 4.69. The maximum atomic E-state index is 3.69. The van der Waals surface area contributed by atoms with E-state index in [4.69, 9.17) is 0 Å². The number of nitrogens with one attached hydrogen (secondary N) is 1. The standard InChI is InChI=1S/C25H28N2/c1-20-18-27(19-21(2)26-20)25(22-12-6-3-7-13-22,23-14-8-4-9-15-23)24-16-10-5-11-17-24/h3-17,20-21,26H,18-19H2,1-2H3. The molecule has 2 heteroatoms. The highest BCUT2D eigenvalue weighted by molar-refractivity contribution is 5.49. The Hall–Kier alpha value is -2.42. The van der Waals surface area contributed by atoms with E-state index in [1.54, 1.807) is 0 Å². The highest BCUT2D eigenvalue weighted by Gasteiger charge is 2.44. The van der Waals surface area contributed by atoms with E-state index in [1.165, 1.54) is 16.7 Å². The van der Waals surface area contributed by atoms with Gasteiger partial charge in [-0.3, -0.25) is 4.90 Å². The molecule has 0 bridgehead atoms. The van der Waals surface area contributed by atoms with E-state index in [-0.39, 0.29) is 5.54 Å². The lowest BCUT2D eigenvalue weighted by atomic mass is 9.74. The third kappa shape index (κ3) is 3.31. The third-order valence-electron chi connectivity index (χ3n) is 5.61. The lowest BCUT2D eigenvalue weighted by molar-refractivity contribution is 0.0932. The largest absolute Gasteiger partial charge is 0.309 e. The van der Waals surface area contributed by atoms with Gasteiger partial charge in [0.25, 0.3) is 0 Å². The Morgan fingerprint density at radius 2 is 0.963 bits per heavy atom. The molecule has 1 N–H and O–H groups in total. The van der Waals surface area contributed by atoms with E-state index in [0.29, 0.717) is 12.1 Å². The van der Waals surface area contributed by atoms with Crippen molar-refractivity contribution in [2.24, 2.45) is 0 Å². The monoisotopic (exact) mass is 356 g/mol. The van der Waals surface area contributed by atoms with Crippen molar-refractivity contribution in [3.05, 3.63) is 108 Å². The molecule has 1 aliphatic heterocycles. The normalized spacial score (nSPS) is 21.1. The quantitative estimate of drug-likeness (QED) is 0.684. The van der Waals surface area contributed by atoms with Crippen LogP contribution in [0.1, 0.15) is 30.5 Å². The molecule has 0 radical (unpaired) electrons. The highest BCUT2D eigenvalue weighted by atomic mass is 15.3. The number of nitrogens with zero attached hydrogens (tertiary/aromatic N) is 1. The van der Waals surface area contributed by atoms with Crippen molar-refractivity contribution >= 4 is 0 Å². The molecule has 2 unspecified atom stereocenters. The number of hydrogen-bond donors (Lipinski definition) is 1. The summed E-state index contributed by atoms with van der Waals surface area (Å²) in [6.07, 6.45) is 0. The number of rotatable bonds is 4. The number of hydrogen-bond acceptors (Lipinski definition) is 2. The van der Waals surface area contributed by atoms with Crippen LogP contribution in [-0.2, 0) is 5.54 Å². The van der Waals surface area contributed by atoms with Crippen molar-refractivity contribution in [1.82, 2.24) is 10.2 Å². The first-order valence-electron chi connectivity index (χ1n) is 9.89. The molecule has 1 fully saturated rings. The van der Waals surface area contributed by atoms with Gasteiger partial charge in [0.2, 0.25) is 0 Å². The van der Waals surface area contributed by atoms with Crippen LogP contribution in [0.4, 0.5) is 0 Å². The topological polar surface area (TPSA) is 15.3 Å². The van der Waals surface area contributed by atoms with E-state index in [2.05, 4.69) is 115 Å². The van der Waals surface area contributed by atoms with Crippen molar-refractivity contribution in [1.29, 1.82) is 0 Å². The predicted octanol–water partition coefficient (Wildman–Crippen LogP) is 4.66. The third-order valence-corrected chi connectivity index (χ3v) is 5.61. The second kappa shape index (κ2) is 7.67. The summed E-state index contributed by atoms with van der Waals surface area (Å²) in [5.74, 6) is 0. The first-order chi connectivity index (χ1) is 13.2. The zero-order valence-corrected chi connectivity index (χ0v) is 16.2. The molecule has 1 aliphatic rings. The van der Waals surface area contributed by atoms with Crippen LogP contribution in [0.3, 0.4) is 0 Å². The van der Waals surface area contributed by atoms with Gasteiger partial charge >= 0.3 is 0 Å². The van der Waals surface area contributed by atoms with Crippen LogP contribution in [0.25, 0.3) is 0 Å². The summed E-state index contributed by atoms with van der Waals surface area (Å²) in [6, 6.07) is 33.8. The Morgan fingerprint density at radius 3 is 1.30 bits per heavy atom. The van der Waals surface area contributed by atoms with Crippen LogP contribution < -0.4 is 5.32 Å². The molecule has 3 aromatic carbocycles. The van der Waals surface area contributed by atoms with E-state index in [0.717, 1.165) is 13.1 Å². The van der Waals surface area contributed by atoms with Crippen LogP contribution in [0.15, 0.2) is 91.0 Å². The summed E-state index contributed by atoms with van der Waals surface area (Å²) in [7, 11) is 0. The van der Waals surface area contributed by atoms with Gasteiger partial charge in [0.15, 0.2) is 0 Å². The summed E-state index contributed by atoms with van der Waals surface area (Å²) in [5.41, 5.74) is 3.67. The van der Waals surface area contributed by atoms with Crippen LogP contribution in [0.5, 0.6) is 0 Å². The fourth-order valence-electron chi connectivity index (χ4n) is 4.69. The highest BCUT2D eigenvalue weighted by Crippen LogP contribution is 2.43. The molecule has 0 aromatic heterocycles. The minimum atomic E-state index is -0.297. The number of piperazine rings is 1. The molecule has 1 saturated heterocycles. The summed E-state index contributed by atoms with van der Waals surface area (Å²) < 4.78 is 0. The molecule has 0 aliphatic carbocycles. The Labute approximate surface area is 162 Å². The van der Waals surface area contributed by atoms with Gasteiger partial charge in [-0.05, 0) is 30.5 Å². The van der Waals surface area contributed by atoms with Crippen LogP contribution in [-0.4, -0.2) is 30.1 Å². The van der Waals surface area contributed by atoms with Gasteiger partial charge < -0.3 is 5.32 Å². The van der Waals surface area contributed by atoms with Crippen molar-refractivity contribution in [2.45, 2.75) is 31.5 Å². The molecule has 2 atom stereocenters. The Kier molecular flexibility index (Phi) is 5.11. The Balaban J connectivity index is 2.00. The molecule has 4 rings (SSSR count). The average Bonchev–Trinajstić information content (AvgIpc) is 2.70. The fraction of sp³-hybridized carbons (Fsp3) is 0.280. The summed E-state index contributed by atoms with van der Waals surface area (Å²) in [4.78, 5) is 2.67. The molecule has 0 spiro atoms. The van der Waals surface area contributed by atoms with E-state index in [1.807, 2.05) is 0 Å². The van der Waals surface area contributed by atoms with Crippen molar-refractivity contribution < 1.29 is 0 Å². The van der Waals surface area contributed by atoms with Gasteiger partial charge in [0.1, 0.15) is 0 Å². The second-order valence-corrected chi connectivity index (χ2v) is 7.68. The van der Waals surface area contributed by atoms with E-state index in [9.17, 15) is 0 Å². The summed E-state index contributed by atoms with van der Waals surface area (Å²) in [5, 5.41) is 3.69. The predicted molar refractivity (Wildman–Crippen MR) is 113 cm³/mol. The molecule has 3 aromatic rings. The molecule has 27 heavy (non-hydrogen) atoms. The van der Waals surface area contributed by atoms with Gasteiger partial charge in [-0.1, -0.05) is 91.0 Å². The van der Waals surface area contributed by atoms with Gasteiger partial charge in [-0.25, -0.2) is 0 Å².